The third-order valence-corrected chi connectivity index (χ3v) is 1.76. The van der Waals surface area contributed by atoms with Gasteiger partial charge in [-0.25, -0.2) is 0 Å². The van der Waals surface area contributed by atoms with Crippen molar-refractivity contribution < 1.29 is 4.79 Å². The number of carbonyl (C=O) groups is 1. The monoisotopic (exact) mass is 282 g/mol. The van der Waals surface area contributed by atoms with Gasteiger partial charge in [-0.05, 0) is 0 Å². The predicted molar refractivity (Wildman–Crippen MR) is 42.1 cm³/mol. The Kier molecular flexibility index (Phi) is 4.71. The first-order valence-corrected chi connectivity index (χ1v) is 4.36. The smallest absolute Gasteiger partial charge is 0.189 e. The maximum atomic E-state index is 10.5. The second kappa shape index (κ2) is 4.09. The molecule has 48 valence electrons. The zero-order valence-electron chi connectivity index (χ0n) is 3.57. The average Bonchev–Trinajstić information content (AvgIpc) is 1.64. The van der Waals surface area contributed by atoms with Gasteiger partial charge in [0.05, 0.1) is 0 Å². The fraction of sp³-hybridized carbons (Fsp3) is 0.667. The van der Waals surface area contributed by atoms with E-state index in [0.29, 0.717) is 0 Å². The standard InChI is InChI=1S/C3H2Br2Cl2O/c4-2(6)1(8)3(5)7/h2-3H/t2-,3+. The Morgan fingerprint density at radius 2 is 1.50 bits per heavy atom. The highest BCUT2D eigenvalue weighted by Crippen LogP contribution is 2.15. The molecule has 0 aromatic carbocycles. The predicted octanol–water partition coefficient (Wildman–Crippen LogP) is 2.48. The summed E-state index contributed by atoms with van der Waals surface area (Å²) in [6, 6.07) is 0. The fourth-order valence-corrected chi connectivity index (χ4v) is 1.60. The van der Waals surface area contributed by atoms with Gasteiger partial charge in [0.15, 0.2) is 5.78 Å². The molecule has 5 heteroatoms. The molecule has 8 heavy (non-hydrogen) atoms. The normalized spacial score (nSPS) is 17.5. The van der Waals surface area contributed by atoms with Crippen LogP contribution < -0.4 is 0 Å². The number of ketones is 1. The van der Waals surface area contributed by atoms with E-state index in [1.807, 2.05) is 0 Å². The third-order valence-electron chi connectivity index (χ3n) is 0.430. The van der Waals surface area contributed by atoms with Crippen molar-refractivity contribution in [2.24, 2.45) is 0 Å². The molecule has 0 rings (SSSR count). The highest BCUT2D eigenvalue weighted by Gasteiger charge is 2.17. The maximum Gasteiger partial charge on any atom is 0.189 e. The molecule has 0 radical (unpaired) electrons. The molecule has 0 aliphatic rings. The second-order valence-corrected chi connectivity index (χ2v) is 4.76. The summed E-state index contributed by atoms with van der Waals surface area (Å²) in [5, 5.41) is 0. The van der Waals surface area contributed by atoms with Gasteiger partial charge in [-0.15, -0.1) is 23.2 Å². The summed E-state index contributed by atoms with van der Waals surface area (Å²) in [4.78, 5) is 10.5. The molecule has 0 N–H and O–H groups in total. The lowest BCUT2D eigenvalue weighted by Gasteiger charge is -1.98. The van der Waals surface area contributed by atoms with Crippen molar-refractivity contribution in [2.75, 3.05) is 0 Å². The lowest BCUT2D eigenvalue weighted by atomic mass is 10.5. The van der Waals surface area contributed by atoms with Gasteiger partial charge in [0.25, 0.3) is 0 Å². The zero-order chi connectivity index (χ0) is 6.73. The lowest BCUT2D eigenvalue weighted by molar-refractivity contribution is -0.115. The van der Waals surface area contributed by atoms with Crippen LogP contribution >= 0.6 is 55.1 Å². The van der Waals surface area contributed by atoms with Gasteiger partial charge in [-0.1, -0.05) is 31.9 Å². The molecule has 0 fully saturated rings. The van der Waals surface area contributed by atoms with Crippen molar-refractivity contribution in [3.8, 4) is 0 Å². The molecular weight excluding hydrogens is 283 g/mol. The summed E-state index contributed by atoms with van der Waals surface area (Å²) < 4.78 is -1.38. The molecule has 0 aliphatic carbocycles. The van der Waals surface area contributed by atoms with E-state index in [2.05, 4.69) is 31.9 Å². The molecule has 0 aliphatic heterocycles. The van der Waals surface area contributed by atoms with E-state index < -0.39 is 8.57 Å². The average molecular weight is 285 g/mol. The summed E-state index contributed by atoms with van der Waals surface area (Å²) in [6.07, 6.45) is 0. The molecule has 0 saturated carbocycles. The van der Waals surface area contributed by atoms with Gasteiger partial charge in [-0.2, -0.15) is 0 Å². The number of rotatable bonds is 2. The third kappa shape index (κ3) is 3.28. The van der Waals surface area contributed by atoms with Crippen LogP contribution in [0.1, 0.15) is 0 Å². The van der Waals surface area contributed by atoms with Crippen molar-refractivity contribution in [2.45, 2.75) is 8.57 Å². The summed E-state index contributed by atoms with van der Waals surface area (Å²) >= 11 is 16.2. The number of carbonyl (C=O) groups excluding carboxylic acids is 1. The van der Waals surface area contributed by atoms with Crippen LogP contribution in [-0.4, -0.2) is 14.4 Å². The van der Waals surface area contributed by atoms with E-state index in [9.17, 15) is 4.79 Å². The van der Waals surface area contributed by atoms with Crippen LogP contribution in [0.25, 0.3) is 0 Å². The molecule has 0 bridgehead atoms. The molecule has 0 spiro atoms. The first kappa shape index (κ1) is 9.21. The number of hydrogen-bond donors (Lipinski definition) is 0. The van der Waals surface area contributed by atoms with Gasteiger partial charge in [0, 0.05) is 0 Å². The first-order chi connectivity index (χ1) is 3.55. The molecule has 0 amide bonds. The number of Topliss-reactive ketones (excluding diaryl/α,β-unsaturated/α-hetero) is 1. The van der Waals surface area contributed by atoms with Crippen LogP contribution in [0.2, 0.25) is 0 Å². The van der Waals surface area contributed by atoms with Crippen molar-refractivity contribution in [1.29, 1.82) is 0 Å². The Hall–Kier alpha value is 1.21. The molecule has 0 aromatic heterocycles. The minimum absolute atomic E-state index is 0.284. The molecule has 2 atom stereocenters. The van der Waals surface area contributed by atoms with Crippen molar-refractivity contribution in [1.82, 2.24) is 0 Å². The Bertz CT molecular complexity index is 83.3. The molecule has 0 saturated heterocycles. The highest BCUT2D eigenvalue weighted by atomic mass is 79.9. The Balaban J connectivity index is 3.65. The topological polar surface area (TPSA) is 17.1 Å². The van der Waals surface area contributed by atoms with Gasteiger partial charge in [-0.3, -0.25) is 4.79 Å². The maximum absolute atomic E-state index is 10.5. The second-order valence-electron chi connectivity index (χ2n) is 1.00. The van der Waals surface area contributed by atoms with E-state index in [1.54, 1.807) is 0 Å². The van der Waals surface area contributed by atoms with Crippen LogP contribution in [0.15, 0.2) is 0 Å². The van der Waals surface area contributed by atoms with Crippen molar-refractivity contribution in [3.63, 3.8) is 0 Å². The zero-order valence-corrected chi connectivity index (χ0v) is 8.26. The van der Waals surface area contributed by atoms with Gasteiger partial charge in [0.1, 0.15) is 8.57 Å². The number of halogens is 4. The largest absolute Gasteiger partial charge is 0.294 e. The lowest BCUT2D eigenvalue weighted by Crippen LogP contribution is -2.14. The molecule has 0 unspecified atom stereocenters. The summed E-state index contributed by atoms with van der Waals surface area (Å²) in [5.74, 6) is -0.284. The summed E-state index contributed by atoms with van der Waals surface area (Å²) in [5.41, 5.74) is 0. The molecular formula is C3H2Br2Cl2O. The quantitative estimate of drug-likeness (QED) is 0.712. The molecule has 0 heterocycles. The van der Waals surface area contributed by atoms with E-state index in [0.717, 1.165) is 0 Å². The van der Waals surface area contributed by atoms with Crippen LogP contribution in [0.4, 0.5) is 0 Å². The van der Waals surface area contributed by atoms with Gasteiger partial charge >= 0.3 is 0 Å². The SMILES string of the molecule is O=C([C@H](Cl)Br)[C@@H](Cl)Br. The number of hydrogen-bond acceptors (Lipinski definition) is 1. The Morgan fingerprint density at radius 3 is 1.50 bits per heavy atom. The highest BCUT2D eigenvalue weighted by molar-refractivity contribution is 9.11. The van der Waals surface area contributed by atoms with Crippen LogP contribution in [0, 0.1) is 0 Å². The molecule has 0 aromatic rings. The van der Waals surface area contributed by atoms with E-state index in [1.165, 1.54) is 0 Å². The van der Waals surface area contributed by atoms with Crippen LogP contribution in [0.5, 0.6) is 0 Å². The Morgan fingerprint density at radius 1 is 1.25 bits per heavy atom. The van der Waals surface area contributed by atoms with Crippen LogP contribution in [0.3, 0.4) is 0 Å². The van der Waals surface area contributed by atoms with E-state index in [-0.39, 0.29) is 5.78 Å². The summed E-state index contributed by atoms with van der Waals surface area (Å²) in [6.45, 7) is 0. The van der Waals surface area contributed by atoms with Crippen molar-refractivity contribution >= 4 is 60.8 Å². The minimum Gasteiger partial charge on any atom is -0.294 e. The fourth-order valence-electron chi connectivity index (χ4n) is 0.0952. The molecule has 1 nitrogen and oxygen atoms in total. The van der Waals surface area contributed by atoms with Gasteiger partial charge < -0.3 is 0 Å². The van der Waals surface area contributed by atoms with Crippen LogP contribution in [-0.2, 0) is 4.79 Å². The number of alkyl halides is 4. The van der Waals surface area contributed by atoms with Crippen molar-refractivity contribution in [3.05, 3.63) is 0 Å². The van der Waals surface area contributed by atoms with E-state index in [4.69, 9.17) is 23.2 Å². The summed E-state index contributed by atoms with van der Waals surface area (Å²) in [7, 11) is 0. The van der Waals surface area contributed by atoms with Gasteiger partial charge in [0.2, 0.25) is 0 Å². The minimum atomic E-state index is -0.690. The Labute approximate surface area is 74.0 Å². The van der Waals surface area contributed by atoms with E-state index >= 15 is 0 Å². The first-order valence-electron chi connectivity index (χ1n) is 1.65.